The fraction of sp³-hybridized carbons (Fsp3) is 0.107. The summed E-state index contributed by atoms with van der Waals surface area (Å²) < 4.78 is 38.3. The van der Waals surface area contributed by atoms with E-state index in [2.05, 4.69) is 10.3 Å². The fourth-order valence-corrected chi connectivity index (χ4v) is 3.72. The zero-order valence-electron chi connectivity index (χ0n) is 18.9. The molecule has 36 heavy (non-hydrogen) atoms. The van der Waals surface area contributed by atoms with Crippen molar-refractivity contribution in [3.05, 3.63) is 114 Å². The molecule has 182 valence electrons. The number of aromatic nitrogens is 1. The van der Waals surface area contributed by atoms with E-state index in [1.807, 2.05) is 36.4 Å². The van der Waals surface area contributed by atoms with Crippen LogP contribution in [0.4, 0.5) is 13.2 Å². The van der Waals surface area contributed by atoms with E-state index in [4.69, 9.17) is 0 Å². The van der Waals surface area contributed by atoms with E-state index in [0.29, 0.717) is 11.1 Å². The summed E-state index contributed by atoms with van der Waals surface area (Å²) in [5, 5.41) is 12.2. The molecule has 0 saturated heterocycles. The number of carboxylic acids is 1. The first-order valence-electron chi connectivity index (χ1n) is 11.0. The first kappa shape index (κ1) is 24.7. The van der Waals surface area contributed by atoms with Gasteiger partial charge in [-0.2, -0.15) is 13.2 Å². The van der Waals surface area contributed by atoms with Gasteiger partial charge in [0.1, 0.15) is 6.04 Å². The molecule has 4 aromatic rings. The molecule has 3 aromatic carbocycles. The number of aliphatic carboxylic acids is 1. The molecule has 0 aliphatic heterocycles. The van der Waals surface area contributed by atoms with Gasteiger partial charge in [0.15, 0.2) is 0 Å². The normalized spacial score (nSPS) is 12.1. The Hall–Kier alpha value is -4.46. The van der Waals surface area contributed by atoms with Crippen LogP contribution in [0.1, 0.15) is 21.5 Å². The number of rotatable bonds is 7. The zero-order valence-corrected chi connectivity index (χ0v) is 18.9. The molecule has 0 saturated carbocycles. The van der Waals surface area contributed by atoms with Crippen LogP contribution < -0.4 is 5.32 Å². The van der Waals surface area contributed by atoms with E-state index in [-0.39, 0.29) is 12.0 Å². The number of amides is 1. The van der Waals surface area contributed by atoms with Crippen molar-refractivity contribution >= 4 is 11.9 Å². The van der Waals surface area contributed by atoms with Crippen molar-refractivity contribution in [2.45, 2.75) is 18.6 Å². The number of hydrogen-bond acceptors (Lipinski definition) is 3. The summed E-state index contributed by atoms with van der Waals surface area (Å²) in [6, 6.07) is 20.9. The summed E-state index contributed by atoms with van der Waals surface area (Å²) in [7, 11) is 0. The average molecular weight is 490 g/mol. The maximum Gasteiger partial charge on any atom is 0.416 e. The van der Waals surface area contributed by atoms with E-state index in [9.17, 15) is 27.9 Å². The molecule has 0 aliphatic carbocycles. The van der Waals surface area contributed by atoms with Gasteiger partial charge in [0.2, 0.25) is 0 Å². The van der Waals surface area contributed by atoms with Crippen molar-refractivity contribution in [1.82, 2.24) is 10.3 Å². The molecule has 0 aliphatic rings. The van der Waals surface area contributed by atoms with Gasteiger partial charge in [0, 0.05) is 24.4 Å². The Balaban J connectivity index is 1.42. The number of carboxylic acid groups (broad SMARTS) is 1. The molecule has 8 heteroatoms. The number of nitrogens with one attached hydrogen (secondary N) is 1. The minimum atomic E-state index is -4.41. The van der Waals surface area contributed by atoms with Crippen LogP contribution in [0, 0.1) is 0 Å². The maximum absolute atomic E-state index is 12.8. The third-order valence-corrected chi connectivity index (χ3v) is 5.70. The Morgan fingerprint density at radius 2 is 1.22 bits per heavy atom. The van der Waals surface area contributed by atoms with Crippen molar-refractivity contribution in [2.75, 3.05) is 0 Å². The van der Waals surface area contributed by atoms with Crippen LogP contribution in [0.25, 0.3) is 22.3 Å². The molecule has 1 unspecified atom stereocenters. The van der Waals surface area contributed by atoms with Gasteiger partial charge < -0.3 is 10.4 Å². The number of pyridine rings is 1. The number of alkyl halides is 3. The van der Waals surface area contributed by atoms with Gasteiger partial charge in [-0.25, -0.2) is 4.79 Å². The molecule has 0 fully saturated rings. The van der Waals surface area contributed by atoms with E-state index in [1.54, 1.807) is 24.5 Å². The Bertz CT molecular complexity index is 1340. The third kappa shape index (κ3) is 5.96. The number of halogens is 3. The summed E-state index contributed by atoms with van der Waals surface area (Å²) in [6.45, 7) is 0. The smallest absolute Gasteiger partial charge is 0.416 e. The summed E-state index contributed by atoms with van der Waals surface area (Å²) in [5.41, 5.74) is 3.39. The standard InChI is InChI=1S/C28H21F3N2O3/c29-28(30,31)24-11-9-21(10-12-24)20-5-7-23(8-6-20)26(34)33-25(27(35)36)17-18-1-3-19(4-2-18)22-13-15-32-16-14-22/h1-16,25H,17H2,(H,33,34)(H,35,36). The number of carbonyl (C=O) groups is 2. The van der Waals surface area contributed by atoms with Gasteiger partial charge in [0.25, 0.3) is 5.91 Å². The highest BCUT2D eigenvalue weighted by Gasteiger charge is 2.30. The van der Waals surface area contributed by atoms with Crippen LogP contribution in [-0.4, -0.2) is 28.0 Å². The lowest BCUT2D eigenvalue weighted by atomic mass is 10.0. The highest BCUT2D eigenvalue weighted by atomic mass is 19.4. The highest BCUT2D eigenvalue weighted by molar-refractivity contribution is 5.97. The molecule has 0 bridgehead atoms. The SMILES string of the molecule is O=C(NC(Cc1ccc(-c2ccncc2)cc1)C(=O)O)c1ccc(-c2ccc(C(F)(F)F)cc2)cc1. The van der Waals surface area contributed by atoms with Crippen LogP contribution in [0.5, 0.6) is 0 Å². The molecule has 1 amide bonds. The van der Waals surface area contributed by atoms with Crippen molar-refractivity contribution < 1.29 is 27.9 Å². The molecular formula is C28H21F3N2O3. The number of nitrogens with zero attached hydrogens (tertiary/aromatic N) is 1. The van der Waals surface area contributed by atoms with Crippen LogP contribution in [-0.2, 0) is 17.4 Å². The van der Waals surface area contributed by atoms with Gasteiger partial charge in [-0.1, -0.05) is 48.5 Å². The molecule has 5 nitrogen and oxygen atoms in total. The van der Waals surface area contributed by atoms with Gasteiger partial charge in [-0.15, -0.1) is 0 Å². The highest BCUT2D eigenvalue weighted by Crippen LogP contribution is 2.31. The minimum absolute atomic E-state index is 0.0985. The van der Waals surface area contributed by atoms with Gasteiger partial charge in [-0.3, -0.25) is 9.78 Å². The second kappa shape index (κ2) is 10.4. The van der Waals surface area contributed by atoms with Crippen molar-refractivity contribution in [3.63, 3.8) is 0 Å². The van der Waals surface area contributed by atoms with E-state index in [1.165, 1.54) is 24.3 Å². The lowest BCUT2D eigenvalue weighted by molar-refractivity contribution is -0.139. The van der Waals surface area contributed by atoms with E-state index < -0.39 is 29.7 Å². The number of hydrogen-bond donors (Lipinski definition) is 2. The summed E-state index contributed by atoms with van der Waals surface area (Å²) in [5.74, 6) is -1.72. The van der Waals surface area contributed by atoms with E-state index >= 15 is 0 Å². The lowest BCUT2D eigenvalue weighted by Crippen LogP contribution is -2.42. The molecule has 0 radical (unpaired) electrons. The monoisotopic (exact) mass is 490 g/mol. The maximum atomic E-state index is 12.8. The molecule has 4 rings (SSSR count). The molecule has 0 spiro atoms. The largest absolute Gasteiger partial charge is 0.480 e. The zero-order chi connectivity index (χ0) is 25.7. The topological polar surface area (TPSA) is 79.3 Å². The number of benzene rings is 3. The Kier molecular flexibility index (Phi) is 7.15. The third-order valence-electron chi connectivity index (χ3n) is 5.70. The van der Waals surface area contributed by atoms with Crippen LogP contribution in [0.3, 0.4) is 0 Å². The number of carbonyl (C=O) groups excluding carboxylic acids is 1. The molecule has 1 heterocycles. The Morgan fingerprint density at radius 1 is 0.750 bits per heavy atom. The Morgan fingerprint density at radius 3 is 1.72 bits per heavy atom. The van der Waals surface area contributed by atoms with Crippen molar-refractivity contribution in [2.24, 2.45) is 0 Å². The van der Waals surface area contributed by atoms with E-state index in [0.717, 1.165) is 28.8 Å². The van der Waals surface area contributed by atoms with Crippen molar-refractivity contribution in [3.8, 4) is 22.3 Å². The average Bonchev–Trinajstić information content (AvgIpc) is 2.89. The second-order valence-corrected chi connectivity index (χ2v) is 8.15. The predicted molar refractivity (Wildman–Crippen MR) is 129 cm³/mol. The van der Waals surface area contributed by atoms with Crippen LogP contribution in [0.15, 0.2) is 97.3 Å². The lowest BCUT2D eigenvalue weighted by Gasteiger charge is -2.15. The Labute approximate surface area is 205 Å². The quantitative estimate of drug-likeness (QED) is 0.340. The first-order valence-corrected chi connectivity index (χ1v) is 11.0. The molecule has 2 N–H and O–H groups in total. The van der Waals surface area contributed by atoms with Crippen LogP contribution >= 0.6 is 0 Å². The second-order valence-electron chi connectivity index (χ2n) is 8.15. The van der Waals surface area contributed by atoms with Gasteiger partial charge in [-0.05, 0) is 64.2 Å². The fourth-order valence-electron chi connectivity index (χ4n) is 3.72. The summed E-state index contributed by atoms with van der Waals surface area (Å²) in [6.07, 6.45) is -0.936. The van der Waals surface area contributed by atoms with Gasteiger partial charge >= 0.3 is 12.1 Å². The predicted octanol–water partition coefficient (Wildman–Crippen LogP) is 5.86. The summed E-state index contributed by atoms with van der Waals surface area (Å²) >= 11 is 0. The van der Waals surface area contributed by atoms with Gasteiger partial charge in [0.05, 0.1) is 5.56 Å². The van der Waals surface area contributed by atoms with Crippen molar-refractivity contribution in [1.29, 1.82) is 0 Å². The minimum Gasteiger partial charge on any atom is -0.480 e. The molecule has 1 atom stereocenters. The first-order chi connectivity index (χ1) is 17.2. The molecule has 1 aromatic heterocycles. The molecular weight excluding hydrogens is 469 g/mol. The van der Waals surface area contributed by atoms with Crippen LogP contribution in [0.2, 0.25) is 0 Å². The summed E-state index contributed by atoms with van der Waals surface area (Å²) in [4.78, 5) is 28.5.